The zero-order chi connectivity index (χ0) is 23.8. The molecule has 0 saturated heterocycles. The lowest BCUT2D eigenvalue weighted by Gasteiger charge is -2.07. The SMILES string of the molecule is O=C(CNC(=O)c1cccc(Cl)c1)N/N=C/c1cccc(OC(=O)c2ccc(Cl)cc2Cl)c1. The maximum atomic E-state index is 12.3. The van der Waals surface area contributed by atoms with E-state index in [4.69, 9.17) is 39.5 Å². The van der Waals surface area contributed by atoms with E-state index in [0.717, 1.165) is 0 Å². The van der Waals surface area contributed by atoms with Crippen LogP contribution in [0.1, 0.15) is 26.3 Å². The van der Waals surface area contributed by atoms with E-state index >= 15 is 0 Å². The molecule has 0 aliphatic rings. The standard InChI is InChI=1S/C23H16Cl3N3O4/c24-16-5-2-4-15(10-16)22(31)27-13-21(30)29-28-12-14-3-1-6-18(9-14)33-23(32)19-8-7-17(25)11-20(19)26/h1-12H,13H2,(H,27,31)(H,29,30)/b28-12+. The number of hydrogen-bond donors (Lipinski definition) is 2. The van der Waals surface area contributed by atoms with Crippen LogP contribution >= 0.6 is 34.8 Å². The average Bonchev–Trinajstić information content (AvgIpc) is 2.77. The van der Waals surface area contributed by atoms with Gasteiger partial charge < -0.3 is 10.1 Å². The normalized spacial score (nSPS) is 10.6. The third-order valence-corrected chi connectivity index (χ3v) is 4.90. The summed E-state index contributed by atoms with van der Waals surface area (Å²) in [6.45, 7) is -0.276. The number of benzene rings is 3. The van der Waals surface area contributed by atoms with Gasteiger partial charge in [-0.1, -0.05) is 53.0 Å². The first-order valence-electron chi connectivity index (χ1n) is 9.45. The molecule has 2 amide bonds. The Kier molecular flexibility index (Phi) is 8.43. The van der Waals surface area contributed by atoms with Gasteiger partial charge in [0, 0.05) is 15.6 Å². The highest BCUT2D eigenvalue weighted by molar-refractivity contribution is 6.36. The maximum Gasteiger partial charge on any atom is 0.345 e. The van der Waals surface area contributed by atoms with Gasteiger partial charge in [0.1, 0.15) is 5.75 Å². The van der Waals surface area contributed by atoms with Crippen LogP contribution in [-0.4, -0.2) is 30.5 Å². The monoisotopic (exact) mass is 503 g/mol. The second kappa shape index (κ2) is 11.5. The van der Waals surface area contributed by atoms with Gasteiger partial charge in [0.15, 0.2) is 0 Å². The summed E-state index contributed by atoms with van der Waals surface area (Å²) in [5.74, 6) is -1.35. The molecule has 0 radical (unpaired) electrons. The van der Waals surface area contributed by atoms with Crippen LogP contribution in [0.15, 0.2) is 71.8 Å². The maximum absolute atomic E-state index is 12.3. The van der Waals surface area contributed by atoms with Gasteiger partial charge >= 0.3 is 5.97 Å². The fraction of sp³-hybridized carbons (Fsp3) is 0.0435. The van der Waals surface area contributed by atoms with E-state index < -0.39 is 17.8 Å². The van der Waals surface area contributed by atoms with Crippen molar-refractivity contribution in [3.8, 4) is 5.75 Å². The van der Waals surface area contributed by atoms with Crippen molar-refractivity contribution < 1.29 is 19.1 Å². The lowest BCUT2D eigenvalue weighted by atomic mass is 10.2. The first-order chi connectivity index (χ1) is 15.8. The van der Waals surface area contributed by atoms with Crippen molar-refractivity contribution in [1.82, 2.24) is 10.7 Å². The molecule has 0 aliphatic heterocycles. The molecular weight excluding hydrogens is 489 g/mol. The fourth-order valence-electron chi connectivity index (χ4n) is 2.59. The lowest BCUT2D eigenvalue weighted by molar-refractivity contribution is -0.120. The number of carbonyl (C=O) groups excluding carboxylic acids is 3. The Morgan fingerprint density at radius 3 is 2.42 bits per heavy atom. The second-order valence-corrected chi connectivity index (χ2v) is 7.85. The number of ether oxygens (including phenoxy) is 1. The molecule has 33 heavy (non-hydrogen) atoms. The van der Waals surface area contributed by atoms with Crippen LogP contribution in [0, 0.1) is 0 Å². The van der Waals surface area contributed by atoms with Gasteiger partial charge in [0.05, 0.1) is 23.3 Å². The summed E-state index contributed by atoms with van der Waals surface area (Å²) >= 11 is 17.7. The molecular formula is C23H16Cl3N3O4. The number of rotatable bonds is 7. The molecule has 0 fully saturated rings. The van der Waals surface area contributed by atoms with Crippen molar-refractivity contribution in [3.05, 3.63) is 98.5 Å². The molecule has 0 aliphatic carbocycles. The Hall–Kier alpha value is -3.39. The van der Waals surface area contributed by atoms with E-state index in [2.05, 4.69) is 15.8 Å². The molecule has 0 atom stereocenters. The predicted molar refractivity (Wildman–Crippen MR) is 127 cm³/mol. The van der Waals surface area contributed by atoms with Crippen molar-refractivity contribution in [3.63, 3.8) is 0 Å². The third kappa shape index (κ3) is 7.32. The van der Waals surface area contributed by atoms with Crippen LogP contribution in [0.2, 0.25) is 15.1 Å². The van der Waals surface area contributed by atoms with Crippen LogP contribution in [0.3, 0.4) is 0 Å². The Morgan fingerprint density at radius 2 is 1.67 bits per heavy atom. The van der Waals surface area contributed by atoms with Gasteiger partial charge in [0.2, 0.25) is 0 Å². The molecule has 7 nitrogen and oxygen atoms in total. The molecule has 3 aromatic carbocycles. The Labute approximate surface area is 204 Å². The van der Waals surface area contributed by atoms with E-state index in [1.165, 1.54) is 30.5 Å². The summed E-state index contributed by atoms with van der Waals surface area (Å²) in [7, 11) is 0. The Balaban J connectivity index is 1.52. The number of hydrazone groups is 1. The molecule has 0 spiro atoms. The summed E-state index contributed by atoms with van der Waals surface area (Å²) in [4.78, 5) is 36.2. The van der Waals surface area contributed by atoms with Crippen LogP contribution in [0.4, 0.5) is 0 Å². The topological polar surface area (TPSA) is 96.9 Å². The molecule has 0 saturated carbocycles. The molecule has 0 bridgehead atoms. The minimum absolute atomic E-state index is 0.173. The molecule has 3 rings (SSSR count). The van der Waals surface area contributed by atoms with E-state index in [0.29, 0.717) is 21.2 Å². The average molecular weight is 505 g/mol. The number of hydrogen-bond acceptors (Lipinski definition) is 5. The zero-order valence-electron chi connectivity index (χ0n) is 16.8. The zero-order valence-corrected chi connectivity index (χ0v) is 19.1. The van der Waals surface area contributed by atoms with Crippen LogP contribution < -0.4 is 15.5 Å². The van der Waals surface area contributed by atoms with Crippen molar-refractivity contribution in [2.45, 2.75) is 0 Å². The van der Waals surface area contributed by atoms with Crippen LogP contribution in [-0.2, 0) is 4.79 Å². The van der Waals surface area contributed by atoms with Crippen molar-refractivity contribution in [2.24, 2.45) is 5.10 Å². The highest BCUT2D eigenvalue weighted by atomic mass is 35.5. The van der Waals surface area contributed by atoms with Crippen molar-refractivity contribution in [2.75, 3.05) is 6.54 Å². The van der Waals surface area contributed by atoms with Gasteiger partial charge in [-0.2, -0.15) is 5.10 Å². The molecule has 0 aromatic heterocycles. The minimum atomic E-state index is -0.644. The largest absolute Gasteiger partial charge is 0.423 e. The number of esters is 1. The lowest BCUT2D eigenvalue weighted by Crippen LogP contribution is -2.34. The van der Waals surface area contributed by atoms with Gasteiger partial charge in [-0.05, 0) is 54.1 Å². The number of nitrogens with zero attached hydrogens (tertiary/aromatic N) is 1. The van der Waals surface area contributed by atoms with Gasteiger partial charge in [-0.15, -0.1) is 0 Å². The fourth-order valence-corrected chi connectivity index (χ4v) is 3.26. The van der Waals surface area contributed by atoms with Crippen molar-refractivity contribution in [1.29, 1.82) is 0 Å². The van der Waals surface area contributed by atoms with Crippen molar-refractivity contribution >= 4 is 58.8 Å². The molecule has 168 valence electrons. The van der Waals surface area contributed by atoms with Crippen LogP contribution in [0.25, 0.3) is 0 Å². The molecule has 0 heterocycles. The minimum Gasteiger partial charge on any atom is -0.423 e. The molecule has 3 aromatic rings. The number of amides is 2. The first-order valence-corrected chi connectivity index (χ1v) is 10.6. The van der Waals surface area contributed by atoms with E-state index in [1.807, 2.05) is 0 Å². The molecule has 10 heteroatoms. The van der Waals surface area contributed by atoms with Crippen LogP contribution in [0.5, 0.6) is 5.75 Å². The van der Waals surface area contributed by atoms with E-state index in [1.54, 1.807) is 42.5 Å². The highest BCUT2D eigenvalue weighted by Crippen LogP contribution is 2.23. The van der Waals surface area contributed by atoms with Gasteiger partial charge in [-0.3, -0.25) is 9.59 Å². The third-order valence-electron chi connectivity index (χ3n) is 4.12. The van der Waals surface area contributed by atoms with E-state index in [-0.39, 0.29) is 22.9 Å². The second-order valence-electron chi connectivity index (χ2n) is 6.57. The summed E-state index contributed by atoms with van der Waals surface area (Å²) in [6.07, 6.45) is 1.36. The summed E-state index contributed by atoms with van der Waals surface area (Å²) in [6, 6.07) is 17.3. The quantitative estimate of drug-likeness (QED) is 0.210. The van der Waals surface area contributed by atoms with Gasteiger partial charge in [0.25, 0.3) is 11.8 Å². The summed E-state index contributed by atoms with van der Waals surface area (Å²) in [5.41, 5.74) is 3.37. The molecule has 2 N–H and O–H groups in total. The Morgan fingerprint density at radius 1 is 0.909 bits per heavy atom. The van der Waals surface area contributed by atoms with E-state index in [9.17, 15) is 14.4 Å². The highest BCUT2D eigenvalue weighted by Gasteiger charge is 2.13. The predicted octanol–water partition coefficient (Wildman–Crippen LogP) is 4.75. The smallest absolute Gasteiger partial charge is 0.345 e. The number of nitrogens with one attached hydrogen (secondary N) is 2. The Bertz CT molecular complexity index is 1230. The summed E-state index contributed by atoms with van der Waals surface area (Å²) in [5, 5.41) is 7.30. The first kappa shape index (κ1) is 24.3. The molecule has 0 unspecified atom stereocenters. The van der Waals surface area contributed by atoms with Gasteiger partial charge in [-0.25, -0.2) is 10.2 Å². The number of carbonyl (C=O) groups is 3. The number of halogens is 3. The summed E-state index contributed by atoms with van der Waals surface area (Å²) < 4.78 is 5.33.